The molecule has 144 valence electrons. The highest BCUT2D eigenvalue weighted by molar-refractivity contribution is 8.00. The molecule has 1 N–H and O–H groups in total. The van der Waals surface area contributed by atoms with Crippen molar-refractivity contribution >= 4 is 58.9 Å². The van der Waals surface area contributed by atoms with E-state index in [9.17, 15) is 9.59 Å². The van der Waals surface area contributed by atoms with Gasteiger partial charge < -0.3 is 14.5 Å². The molecule has 1 aliphatic heterocycles. The summed E-state index contributed by atoms with van der Waals surface area (Å²) in [6.45, 7) is 3.96. The molecule has 3 rings (SSSR count). The molecular formula is C18H18ClNO4S3. The highest BCUT2D eigenvalue weighted by Gasteiger charge is 2.48. The molecule has 27 heavy (non-hydrogen) atoms. The number of nitrogens with one attached hydrogen (secondary N) is 1. The van der Waals surface area contributed by atoms with E-state index in [4.69, 9.17) is 33.3 Å². The topological polar surface area (TPSA) is 68.4 Å². The number of hydrogen-bond donors (Lipinski definition) is 1. The van der Waals surface area contributed by atoms with Gasteiger partial charge in [-0.15, -0.1) is 11.3 Å². The van der Waals surface area contributed by atoms with Crippen LogP contribution in [0.2, 0.25) is 5.02 Å². The lowest BCUT2D eigenvalue weighted by Crippen LogP contribution is -2.41. The van der Waals surface area contributed by atoms with Gasteiger partial charge >= 0.3 is 11.9 Å². The van der Waals surface area contributed by atoms with Crippen LogP contribution in [0.5, 0.6) is 0 Å². The summed E-state index contributed by atoms with van der Waals surface area (Å²) in [5.41, 5.74) is 0.874. The van der Waals surface area contributed by atoms with Crippen molar-refractivity contribution in [3.8, 4) is 0 Å². The molecule has 0 saturated carbocycles. The van der Waals surface area contributed by atoms with Crippen LogP contribution in [-0.2, 0) is 19.1 Å². The molecule has 0 bridgehead atoms. The van der Waals surface area contributed by atoms with Crippen LogP contribution in [0, 0.1) is 9.87 Å². The van der Waals surface area contributed by atoms with Crippen LogP contribution in [-0.4, -0.2) is 35.4 Å². The number of thioether (sulfide) groups is 1. The van der Waals surface area contributed by atoms with Crippen molar-refractivity contribution in [2.24, 2.45) is 5.92 Å². The smallest absolute Gasteiger partial charge is 0.320 e. The summed E-state index contributed by atoms with van der Waals surface area (Å²) in [6, 6.07) is 7.27. The molecule has 3 unspecified atom stereocenters. The Hall–Kier alpha value is -1.35. The zero-order chi connectivity index (χ0) is 19.6. The number of aromatic amines is 1. The summed E-state index contributed by atoms with van der Waals surface area (Å²) >= 11 is 14.0. The van der Waals surface area contributed by atoms with Crippen LogP contribution in [0.1, 0.15) is 30.2 Å². The van der Waals surface area contributed by atoms with E-state index in [2.05, 4.69) is 4.98 Å². The van der Waals surface area contributed by atoms with Gasteiger partial charge in [0.1, 0.15) is 5.25 Å². The maximum absolute atomic E-state index is 12.9. The van der Waals surface area contributed by atoms with Crippen LogP contribution in [0.25, 0.3) is 0 Å². The quantitative estimate of drug-likeness (QED) is 0.528. The monoisotopic (exact) mass is 443 g/mol. The van der Waals surface area contributed by atoms with Gasteiger partial charge in [-0.25, -0.2) is 0 Å². The van der Waals surface area contributed by atoms with Crippen molar-refractivity contribution in [2.75, 3.05) is 13.2 Å². The minimum atomic E-state index is -0.725. The number of carbonyl (C=O) groups is 2. The minimum absolute atomic E-state index is 0.235. The van der Waals surface area contributed by atoms with Gasteiger partial charge in [-0.05, 0) is 43.8 Å². The molecule has 9 heteroatoms. The summed E-state index contributed by atoms with van der Waals surface area (Å²) in [5, 5.41) is 0.668. The standard InChI is InChI=1S/C18H18ClNO4S3/c1-3-23-16(21)12-11(9-5-7-10(19)8-6-9)13-15(20-18(25)27-13)26-14(12)17(22)24-4-2/h5-8,11-12,14H,3-4H2,1-2H3,(H,20,25). The lowest BCUT2D eigenvalue weighted by Gasteiger charge is -2.34. The second-order valence-corrected chi connectivity index (χ2v) is 9.11. The van der Waals surface area contributed by atoms with E-state index in [1.165, 1.54) is 23.1 Å². The highest BCUT2D eigenvalue weighted by atomic mass is 35.5. The van der Waals surface area contributed by atoms with Gasteiger partial charge in [0.15, 0.2) is 3.95 Å². The molecule has 0 spiro atoms. The number of benzene rings is 1. The van der Waals surface area contributed by atoms with E-state index in [0.717, 1.165) is 15.5 Å². The Morgan fingerprint density at radius 3 is 2.41 bits per heavy atom. The first-order valence-electron chi connectivity index (χ1n) is 8.44. The Morgan fingerprint density at radius 1 is 1.15 bits per heavy atom. The van der Waals surface area contributed by atoms with E-state index in [-0.39, 0.29) is 19.1 Å². The van der Waals surface area contributed by atoms with Crippen LogP contribution in [0.4, 0.5) is 0 Å². The average Bonchev–Trinajstić information content (AvgIpc) is 3.01. The second kappa shape index (κ2) is 8.77. The number of rotatable bonds is 5. The fraction of sp³-hybridized carbons (Fsp3) is 0.389. The van der Waals surface area contributed by atoms with Crippen molar-refractivity contribution < 1.29 is 19.1 Å². The van der Waals surface area contributed by atoms with E-state index in [1.807, 2.05) is 12.1 Å². The fourth-order valence-corrected chi connectivity index (χ4v) is 6.14. The van der Waals surface area contributed by atoms with Crippen LogP contribution < -0.4 is 0 Å². The average molecular weight is 444 g/mol. The molecule has 0 saturated heterocycles. The van der Waals surface area contributed by atoms with E-state index in [0.29, 0.717) is 8.98 Å². The van der Waals surface area contributed by atoms with Crippen LogP contribution in [0.15, 0.2) is 29.3 Å². The Labute approximate surface area is 175 Å². The summed E-state index contributed by atoms with van der Waals surface area (Å²) in [4.78, 5) is 29.6. The van der Waals surface area contributed by atoms with Gasteiger partial charge in [0.05, 0.1) is 24.2 Å². The van der Waals surface area contributed by atoms with E-state index < -0.39 is 23.1 Å². The van der Waals surface area contributed by atoms with Gasteiger partial charge in [-0.1, -0.05) is 35.5 Å². The third-order valence-electron chi connectivity index (χ3n) is 4.16. The molecule has 2 aromatic rings. The third kappa shape index (κ3) is 4.23. The maximum Gasteiger partial charge on any atom is 0.320 e. The molecule has 1 aromatic carbocycles. The van der Waals surface area contributed by atoms with Gasteiger partial charge in [0.25, 0.3) is 0 Å². The predicted molar refractivity (Wildman–Crippen MR) is 109 cm³/mol. The van der Waals surface area contributed by atoms with Gasteiger partial charge in [-0.3, -0.25) is 9.59 Å². The first kappa shape index (κ1) is 20.4. The Morgan fingerprint density at radius 2 is 1.78 bits per heavy atom. The van der Waals surface area contributed by atoms with Gasteiger partial charge in [0, 0.05) is 15.8 Å². The lowest BCUT2D eigenvalue weighted by atomic mass is 9.82. The van der Waals surface area contributed by atoms with Gasteiger partial charge in [0.2, 0.25) is 0 Å². The summed E-state index contributed by atoms with van der Waals surface area (Å²) in [5.74, 6) is -1.95. The molecule has 5 nitrogen and oxygen atoms in total. The molecular weight excluding hydrogens is 426 g/mol. The Kier molecular flexibility index (Phi) is 6.62. The number of aromatic nitrogens is 1. The van der Waals surface area contributed by atoms with Crippen LogP contribution in [0.3, 0.4) is 0 Å². The number of ether oxygens (including phenoxy) is 2. The zero-order valence-electron chi connectivity index (χ0n) is 14.7. The molecule has 3 atom stereocenters. The van der Waals surface area contributed by atoms with Crippen molar-refractivity contribution in [3.63, 3.8) is 0 Å². The van der Waals surface area contributed by atoms with Crippen molar-refractivity contribution in [3.05, 3.63) is 43.7 Å². The number of halogens is 1. The van der Waals surface area contributed by atoms with Gasteiger partial charge in [-0.2, -0.15) is 0 Å². The van der Waals surface area contributed by atoms with Crippen molar-refractivity contribution in [2.45, 2.75) is 30.0 Å². The molecule has 0 aliphatic carbocycles. The van der Waals surface area contributed by atoms with E-state index in [1.54, 1.807) is 26.0 Å². The molecule has 1 aromatic heterocycles. The van der Waals surface area contributed by atoms with Crippen molar-refractivity contribution in [1.29, 1.82) is 0 Å². The molecule has 0 radical (unpaired) electrons. The Balaban J connectivity index is 2.15. The number of H-pyrrole nitrogens is 1. The number of esters is 2. The first-order chi connectivity index (χ1) is 13.0. The number of hydrogen-bond acceptors (Lipinski definition) is 7. The SMILES string of the molecule is CCOC(=O)C1Sc2[nH]c(=S)sc2C(c2ccc(Cl)cc2)C1C(=O)OCC. The largest absolute Gasteiger partial charge is 0.466 e. The normalized spacial score (nSPS) is 21.4. The molecule has 0 fully saturated rings. The summed E-state index contributed by atoms with van der Waals surface area (Å²) in [6.07, 6.45) is 0. The fourth-order valence-electron chi connectivity index (χ4n) is 3.10. The number of fused-ring (bicyclic) bond motifs is 1. The lowest BCUT2D eigenvalue weighted by molar-refractivity contribution is -0.154. The number of thiazole rings is 1. The number of carbonyl (C=O) groups excluding carboxylic acids is 2. The predicted octanol–water partition coefficient (Wildman–Crippen LogP) is 4.81. The first-order valence-corrected chi connectivity index (χ1v) is 10.9. The highest BCUT2D eigenvalue weighted by Crippen LogP contribution is 2.51. The second-order valence-electron chi connectivity index (χ2n) is 5.81. The molecule has 0 amide bonds. The maximum atomic E-state index is 12.9. The molecule has 2 heterocycles. The Bertz CT molecular complexity index is 893. The van der Waals surface area contributed by atoms with E-state index >= 15 is 0 Å². The summed E-state index contributed by atoms with van der Waals surface area (Å²) < 4.78 is 11.2. The summed E-state index contributed by atoms with van der Waals surface area (Å²) in [7, 11) is 0. The van der Waals surface area contributed by atoms with Crippen molar-refractivity contribution in [1.82, 2.24) is 4.98 Å². The molecule has 1 aliphatic rings. The van der Waals surface area contributed by atoms with Crippen LogP contribution >= 0.6 is 46.9 Å². The zero-order valence-corrected chi connectivity index (χ0v) is 17.9. The third-order valence-corrected chi connectivity index (χ3v) is 7.16. The minimum Gasteiger partial charge on any atom is -0.466 e.